The van der Waals surface area contributed by atoms with E-state index in [-0.39, 0.29) is 18.6 Å². The molecule has 9 heteroatoms. The number of likely N-dealkylation sites (tertiary alicyclic amines) is 1. The summed E-state index contributed by atoms with van der Waals surface area (Å²) in [5, 5.41) is 3.95. The van der Waals surface area contributed by atoms with Crippen LogP contribution in [0, 0.1) is 0 Å². The third-order valence-corrected chi connectivity index (χ3v) is 4.65. The molecule has 0 spiro atoms. The highest BCUT2D eigenvalue weighted by Gasteiger charge is 2.32. The molecule has 9 nitrogen and oxygen atoms in total. The van der Waals surface area contributed by atoms with Crippen molar-refractivity contribution in [1.29, 1.82) is 0 Å². The van der Waals surface area contributed by atoms with E-state index in [1.54, 1.807) is 41.6 Å². The Morgan fingerprint density at radius 2 is 1.96 bits per heavy atom. The number of nitrogens with zero attached hydrogens (tertiary/aromatic N) is 5. The zero-order valence-corrected chi connectivity index (χ0v) is 14.2. The van der Waals surface area contributed by atoms with Gasteiger partial charge in [0.05, 0.1) is 5.92 Å². The number of ether oxygens (including phenoxy) is 2. The zero-order chi connectivity index (χ0) is 18.2. The van der Waals surface area contributed by atoms with Gasteiger partial charge in [0.2, 0.25) is 24.3 Å². The maximum absolute atomic E-state index is 12.8. The van der Waals surface area contributed by atoms with Crippen molar-refractivity contribution >= 4 is 5.91 Å². The van der Waals surface area contributed by atoms with Crippen LogP contribution in [-0.2, 0) is 0 Å². The van der Waals surface area contributed by atoms with Gasteiger partial charge in [-0.15, -0.1) is 0 Å². The van der Waals surface area contributed by atoms with Crippen molar-refractivity contribution in [1.82, 2.24) is 25.0 Å². The molecule has 0 saturated carbocycles. The van der Waals surface area contributed by atoms with E-state index in [4.69, 9.17) is 14.0 Å². The topological polar surface area (TPSA) is 103 Å². The van der Waals surface area contributed by atoms with Crippen LogP contribution in [0.4, 0.5) is 0 Å². The van der Waals surface area contributed by atoms with Gasteiger partial charge in [-0.2, -0.15) is 4.98 Å². The number of benzene rings is 1. The molecule has 1 amide bonds. The van der Waals surface area contributed by atoms with E-state index in [2.05, 4.69) is 20.1 Å². The second-order valence-corrected chi connectivity index (χ2v) is 6.33. The van der Waals surface area contributed by atoms with E-state index in [9.17, 15) is 4.79 Å². The predicted molar refractivity (Wildman–Crippen MR) is 91.2 cm³/mol. The van der Waals surface area contributed by atoms with Crippen molar-refractivity contribution in [3.05, 3.63) is 48.1 Å². The molecule has 27 heavy (non-hydrogen) atoms. The molecule has 1 aromatic carbocycles. The number of amides is 1. The van der Waals surface area contributed by atoms with Gasteiger partial charge in [-0.05, 0) is 30.7 Å². The molecule has 2 aliphatic rings. The minimum atomic E-state index is -0.0538. The van der Waals surface area contributed by atoms with Crippen LogP contribution >= 0.6 is 0 Å². The summed E-state index contributed by atoms with van der Waals surface area (Å²) in [5.41, 5.74) is 0.573. The van der Waals surface area contributed by atoms with Crippen LogP contribution in [0.25, 0.3) is 11.6 Å². The van der Waals surface area contributed by atoms with Crippen LogP contribution in [0.1, 0.15) is 28.6 Å². The highest BCUT2D eigenvalue weighted by Crippen LogP contribution is 2.34. The average Bonchev–Trinajstić information content (AvgIpc) is 3.47. The second-order valence-electron chi connectivity index (χ2n) is 6.33. The molecule has 2 aromatic heterocycles. The summed E-state index contributed by atoms with van der Waals surface area (Å²) < 4.78 is 16.0. The lowest BCUT2D eigenvalue weighted by molar-refractivity contribution is 0.0789. The van der Waals surface area contributed by atoms with E-state index < -0.39 is 0 Å². The molecule has 1 saturated heterocycles. The van der Waals surface area contributed by atoms with Gasteiger partial charge in [-0.25, -0.2) is 9.97 Å². The molecule has 0 bridgehead atoms. The Morgan fingerprint density at radius 1 is 1.11 bits per heavy atom. The van der Waals surface area contributed by atoms with Crippen molar-refractivity contribution in [2.24, 2.45) is 0 Å². The first-order valence-electron chi connectivity index (χ1n) is 8.58. The Bertz CT molecular complexity index is 990. The van der Waals surface area contributed by atoms with Crippen molar-refractivity contribution in [2.45, 2.75) is 12.3 Å². The molecule has 0 unspecified atom stereocenters. The van der Waals surface area contributed by atoms with Crippen LogP contribution < -0.4 is 9.47 Å². The molecule has 0 aliphatic carbocycles. The Kier molecular flexibility index (Phi) is 3.70. The maximum atomic E-state index is 12.8. The van der Waals surface area contributed by atoms with Crippen LogP contribution in [-0.4, -0.2) is 50.8 Å². The van der Waals surface area contributed by atoms with Crippen LogP contribution in [0.5, 0.6) is 11.5 Å². The van der Waals surface area contributed by atoms with E-state index in [1.165, 1.54) is 0 Å². The van der Waals surface area contributed by atoms with Gasteiger partial charge in [-0.3, -0.25) is 4.79 Å². The average molecular weight is 365 g/mol. The van der Waals surface area contributed by atoms with Gasteiger partial charge in [0.1, 0.15) is 0 Å². The van der Waals surface area contributed by atoms with Gasteiger partial charge in [0.25, 0.3) is 5.91 Å². The van der Waals surface area contributed by atoms with Crippen molar-refractivity contribution in [2.75, 3.05) is 19.9 Å². The van der Waals surface area contributed by atoms with E-state index in [0.29, 0.717) is 47.7 Å². The number of rotatable bonds is 3. The second kappa shape index (κ2) is 6.35. The first kappa shape index (κ1) is 15.7. The molecule has 4 heterocycles. The SMILES string of the molecule is O=C(c1ccc2c(c1)OCO2)N1CC[C@@H](c2nc(-c3ncccn3)no2)C1. The highest BCUT2D eigenvalue weighted by atomic mass is 16.7. The Balaban J connectivity index is 1.30. The number of carbonyl (C=O) groups excluding carboxylic acids is 1. The summed E-state index contributed by atoms with van der Waals surface area (Å²) in [6.07, 6.45) is 4.01. The number of aromatic nitrogens is 4. The minimum Gasteiger partial charge on any atom is -0.454 e. The molecule has 0 N–H and O–H groups in total. The van der Waals surface area contributed by atoms with Crippen LogP contribution in [0.3, 0.4) is 0 Å². The van der Waals surface area contributed by atoms with Crippen molar-refractivity contribution in [3.63, 3.8) is 0 Å². The first-order chi connectivity index (χ1) is 13.3. The first-order valence-corrected chi connectivity index (χ1v) is 8.58. The minimum absolute atomic E-state index is 0.00655. The maximum Gasteiger partial charge on any atom is 0.254 e. The van der Waals surface area contributed by atoms with E-state index >= 15 is 0 Å². The third-order valence-electron chi connectivity index (χ3n) is 4.65. The number of fused-ring (bicyclic) bond motifs is 1. The Hall–Kier alpha value is -3.49. The van der Waals surface area contributed by atoms with Gasteiger partial charge in [-0.1, -0.05) is 5.16 Å². The number of carbonyl (C=O) groups is 1. The smallest absolute Gasteiger partial charge is 0.254 e. The number of hydrogen-bond donors (Lipinski definition) is 0. The monoisotopic (exact) mass is 365 g/mol. The summed E-state index contributed by atoms with van der Waals surface area (Å²) in [6, 6.07) is 6.95. The molecule has 2 aliphatic heterocycles. The molecule has 1 atom stereocenters. The summed E-state index contributed by atoms with van der Waals surface area (Å²) in [4.78, 5) is 27.2. The van der Waals surface area contributed by atoms with E-state index in [0.717, 1.165) is 6.42 Å². The van der Waals surface area contributed by atoms with Gasteiger partial charge < -0.3 is 18.9 Å². The summed E-state index contributed by atoms with van der Waals surface area (Å²) in [5.74, 6) is 2.46. The van der Waals surface area contributed by atoms with Crippen LogP contribution in [0.15, 0.2) is 41.2 Å². The lowest BCUT2D eigenvalue weighted by Crippen LogP contribution is -2.28. The fourth-order valence-corrected chi connectivity index (χ4v) is 3.26. The molecule has 5 rings (SSSR count). The van der Waals surface area contributed by atoms with Crippen molar-refractivity contribution in [3.8, 4) is 23.1 Å². The summed E-state index contributed by atoms with van der Waals surface area (Å²) >= 11 is 0. The number of hydrogen-bond acceptors (Lipinski definition) is 8. The standard InChI is InChI=1S/C18H15N5O4/c24-18(11-2-3-13-14(8-11)26-10-25-13)23-7-4-12(9-23)17-21-16(22-27-17)15-19-5-1-6-20-15/h1-3,5-6,8,12H,4,7,9-10H2/t12-/m1/s1. The van der Waals surface area contributed by atoms with Crippen molar-refractivity contribution < 1.29 is 18.8 Å². The highest BCUT2D eigenvalue weighted by molar-refractivity contribution is 5.95. The molecule has 0 radical (unpaired) electrons. The van der Waals surface area contributed by atoms with Crippen LogP contribution in [0.2, 0.25) is 0 Å². The Labute approximate surface area is 153 Å². The molecule has 3 aromatic rings. The molecular weight excluding hydrogens is 350 g/mol. The van der Waals surface area contributed by atoms with Gasteiger partial charge >= 0.3 is 0 Å². The molecular formula is C18H15N5O4. The lowest BCUT2D eigenvalue weighted by Gasteiger charge is -2.16. The molecule has 136 valence electrons. The largest absolute Gasteiger partial charge is 0.454 e. The van der Waals surface area contributed by atoms with Gasteiger partial charge in [0.15, 0.2) is 11.5 Å². The quantitative estimate of drug-likeness (QED) is 0.693. The zero-order valence-electron chi connectivity index (χ0n) is 14.2. The normalized spacial score (nSPS) is 18.1. The fraction of sp³-hybridized carbons (Fsp3) is 0.278. The fourth-order valence-electron chi connectivity index (χ4n) is 3.26. The summed E-state index contributed by atoms with van der Waals surface area (Å²) in [7, 11) is 0. The lowest BCUT2D eigenvalue weighted by atomic mass is 10.1. The van der Waals surface area contributed by atoms with E-state index in [1.807, 2.05) is 0 Å². The van der Waals surface area contributed by atoms with Gasteiger partial charge in [0, 0.05) is 31.0 Å². The predicted octanol–water partition coefficient (Wildman–Crippen LogP) is 1.89. The third kappa shape index (κ3) is 2.86. The molecule has 1 fully saturated rings. The Morgan fingerprint density at radius 3 is 2.85 bits per heavy atom. The summed E-state index contributed by atoms with van der Waals surface area (Å²) in [6.45, 7) is 1.32.